The summed E-state index contributed by atoms with van der Waals surface area (Å²) in [6.45, 7) is 5.94. The Morgan fingerprint density at radius 2 is 1.94 bits per heavy atom. The maximum Gasteiger partial charge on any atom is 0.0230 e. The Balaban J connectivity index is 1.47. The third kappa shape index (κ3) is 4.57. The van der Waals surface area contributed by atoms with Crippen LogP contribution in [-0.2, 0) is 0 Å². The van der Waals surface area contributed by atoms with Gasteiger partial charge in [-0.25, -0.2) is 0 Å². The first-order valence-corrected chi connectivity index (χ1v) is 7.48. The Hall–Kier alpha value is -0.120. The number of nitrogens with one attached hydrogen (secondary N) is 2. The minimum Gasteiger partial charge on any atom is -0.317 e. The lowest BCUT2D eigenvalue weighted by Crippen LogP contribution is -2.50. The van der Waals surface area contributed by atoms with Crippen LogP contribution in [0.25, 0.3) is 0 Å². The first-order chi connectivity index (χ1) is 8.36. The highest BCUT2D eigenvalue weighted by atomic mass is 15.2. The molecule has 3 nitrogen and oxygen atoms in total. The zero-order chi connectivity index (χ0) is 11.9. The Morgan fingerprint density at radius 3 is 2.71 bits per heavy atom. The number of hydrogen-bond acceptors (Lipinski definition) is 3. The van der Waals surface area contributed by atoms with Gasteiger partial charge in [0.25, 0.3) is 0 Å². The van der Waals surface area contributed by atoms with Gasteiger partial charge in [0.2, 0.25) is 0 Å². The Labute approximate surface area is 106 Å². The van der Waals surface area contributed by atoms with E-state index in [1.165, 1.54) is 64.7 Å². The van der Waals surface area contributed by atoms with Crippen molar-refractivity contribution in [1.82, 2.24) is 15.5 Å². The molecule has 1 aliphatic carbocycles. The molecule has 1 saturated carbocycles. The fourth-order valence-corrected chi connectivity index (χ4v) is 3.18. The minimum atomic E-state index is 0.739. The van der Waals surface area contributed by atoms with Crippen LogP contribution in [0.4, 0.5) is 0 Å². The van der Waals surface area contributed by atoms with Gasteiger partial charge in [-0.3, -0.25) is 0 Å². The Morgan fingerprint density at radius 1 is 1.18 bits per heavy atom. The van der Waals surface area contributed by atoms with Crippen molar-refractivity contribution >= 4 is 0 Å². The van der Waals surface area contributed by atoms with Crippen LogP contribution in [0.5, 0.6) is 0 Å². The molecule has 0 amide bonds. The van der Waals surface area contributed by atoms with E-state index in [2.05, 4.69) is 22.6 Å². The molecule has 100 valence electrons. The molecule has 0 aromatic rings. The zero-order valence-corrected chi connectivity index (χ0v) is 11.4. The third-order valence-electron chi connectivity index (χ3n) is 4.50. The summed E-state index contributed by atoms with van der Waals surface area (Å²) < 4.78 is 0. The molecule has 2 fully saturated rings. The van der Waals surface area contributed by atoms with Gasteiger partial charge >= 0.3 is 0 Å². The molecule has 0 aromatic carbocycles. The van der Waals surface area contributed by atoms with Crippen LogP contribution in [0.15, 0.2) is 0 Å². The maximum atomic E-state index is 3.63. The molecule has 0 aromatic heterocycles. The van der Waals surface area contributed by atoms with E-state index in [4.69, 9.17) is 0 Å². The average molecular weight is 239 g/mol. The summed E-state index contributed by atoms with van der Waals surface area (Å²) in [5.41, 5.74) is 0. The van der Waals surface area contributed by atoms with Gasteiger partial charge in [0.1, 0.15) is 0 Å². The molecular formula is C14H29N3. The van der Waals surface area contributed by atoms with Gasteiger partial charge in [0.15, 0.2) is 0 Å². The van der Waals surface area contributed by atoms with Crippen LogP contribution in [0.2, 0.25) is 0 Å². The summed E-state index contributed by atoms with van der Waals surface area (Å²) in [6, 6.07) is 0.739. The van der Waals surface area contributed by atoms with Crippen molar-refractivity contribution in [1.29, 1.82) is 0 Å². The van der Waals surface area contributed by atoms with Crippen molar-refractivity contribution in [3.05, 3.63) is 0 Å². The molecule has 1 heterocycles. The second-order valence-electron chi connectivity index (χ2n) is 5.82. The smallest absolute Gasteiger partial charge is 0.0230 e. The van der Waals surface area contributed by atoms with Crippen molar-refractivity contribution in [2.45, 2.75) is 44.6 Å². The van der Waals surface area contributed by atoms with Crippen molar-refractivity contribution in [3.63, 3.8) is 0 Å². The third-order valence-corrected chi connectivity index (χ3v) is 4.50. The summed E-state index contributed by atoms with van der Waals surface area (Å²) in [4.78, 5) is 2.50. The molecule has 0 radical (unpaired) electrons. The lowest BCUT2D eigenvalue weighted by atomic mass is 10.0. The molecule has 2 N–H and O–H groups in total. The van der Waals surface area contributed by atoms with Crippen molar-refractivity contribution in [3.8, 4) is 0 Å². The van der Waals surface area contributed by atoms with Gasteiger partial charge in [0.05, 0.1) is 0 Å². The van der Waals surface area contributed by atoms with Crippen molar-refractivity contribution < 1.29 is 0 Å². The van der Waals surface area contributed by atoms with Crippen molar-refractivity contribution in [2.75, 3.05) is 39.8 Å². The summed E-state index contributed by atoms with van der Waals surface area (Å²) in [5.74, 6) is 1.03. The number of nitrogens with zero attached hydrogens (tertiary/aromatic N) is 1. The number of piperazine rings is 1. The maximum absolute atomic E-state index is 3.63. The molecule has 0 bridgehead atoms. The van der Waals surface area contributed by atoms with Crippen LogP contribution in [0.1, 0.15) is 38.5 Å². The second kappa shape index (κ2) is 7.34. The predicted molar refractivity (Wildman–Crippen MR) is 73.3 cm³/mol. The highest BCUT2D eigenvalue weighted by molar-refractivity contribution is 4.78. The number of rotatable bonds is 6. The van der Waals surface area contributed by atoms with Gasteiger partial charge in [-0.05, 0) is 38.9 Å². The highest BCUT2D eigenvalue weighted by Crippen LogP contribution is 2.26. The second-order valence-corrected chi connectivity index (χ2v) is 5.82. The molecule has 2 aliphatic rings. The lowest BCUT2D eigenvalue weighted by molar-refractivity contribution is 0.189. The zero-order valence-electron chi connectivity index (χ0n) is 11.4. The lowest BCUT2D eigenvalue weighted by Gasteiger charge is -2.33. The Kier molecular flexibility index (Phi) is 5.75. The molecule has 17 heavy (non-hydrogen) atoms. The molecule has 1 unspecified atom stereocenters. The van der Waals surface area contributed by atoms with Crippen LogP contribution in [-0.4, -0.2) is 50.7 Å². The van der Waals surface area contributed by atoms with E-state index in [-0.39, 0.29) is 0 Å². The normalized spacial score (nSPS) is 27.7. The number of likely N-dealkylation sites (N-methyl/N-ethyl adjacent to an activating group) is 1. The molecule has 1 aliphatic heterocycles. The highest BCUT2D eigenvalue weighted by Gasteiger charge is 2.18. The standard InChI is InChI=1S/C14H29N3/c1-17-11-10-16-12-14(17)7-9-15-8-6-13-4-2-3-5-13/h13-16H,2-12H2,1H3. The van der Waals surface area contributed by atoms with Crippen LogP contribution in [0, 0.1) is 5.92 Å². The summed E-state index contributed by atoms with van der Waals surface area (Å²) in [7, 11) is 2.25. The van der Waals surface area contributed by atoms with E-state index in [1.54, 1.807) is 0 Å². The van der Waals surface area contributed by atoms with E-state index in [0.717, 1.165) is 18.5 Å². The molecule has 0 spiro atoms. The van der Waals surface area contributed by atoms with Gasteiger partial charge in [-0.15, -0.1) is 0 Å². The van der Waals surface area contributed by atoms with E-state index in [1.807, 2.05) is 0 Å². The fourth-order valence-electron chi connectivity index (χ4n) is 3.18. The first kappa shape index (κ1) is 13.3. The Bertz CT molecular complexity index is 202. The molecular weight excluding hydrogens is 210 g/mol. The van der Waals surface area contributed by atoms with E-state index in [9.17, 15) is 0 Å². The monoisotopic (exact) mass is 239 g/mol. The van der Waals surface area contributed by atoms with Crippen LogP contribution >= 0.6 is 0 Å². The van der Waals surface area contributed by atoms with Gasteiger partial charge < -0.3 is 15.5 Å². The van der Waals surface area contributed by atoms with Gasteiger partial charge in [0, 0.05) is 25.7 Å². The average Bonchev–Trinajstić information content (AvgIpc) is 2.84. The van der Waals surface area contributed by atoms with Crippen molar-refractivity contribution in [2.24, 2.45) is 5.92 Å². The summed E-state index contributed by atoms with van der Waals surface area (Å²) in [6.07, 6.45) is 8.60. The van der Waals surface area contributed by atoms with E-state index in [0.29, 0.717) is 0 Å². The molecule has 3 heteroatoms. The minimum absolute atomic E-state index is 0.739. The van der Waals surface area contributed by atoms with E-state index >= 15 is 0 Å². The predicted octanol–water partition coefficient (Wildman–Crippen LogP) is 1.45. The molecule has 1 atom stereocenters. The van der Waals surface area contributed by atoms with Crippen LogP contribution < -0.4 is 10.6 Å². The van der Waals surface area contributed by atoms with Crippen LogP contribution in [0.3, 0.4) is 0 Å². The molecule has 1 saturated heterocycles. The molecule has 2 rings (SSSR count). The summed E-state index contributed by atoms with van der Waals surface area (Å²) in [5, 5.41) is 7.11. The summed E-state index contributed by atoms with van der Waals surface area (Å²) >= 11 is 0. The first-order valence-electron chi connectivity index (χ1n) is 7.48. The SMILES string of the molecule is CN1CCNCC1CCNCCC1CCCC1. The quantitative estimate of drug-likeness (QED) is 0.687. The van der Waals surface area contributed by atoms with E-state index < -0.39 is 0 Å². The van der Waals surface area contributed by atoms with Gasteiger partial charge in [-0.1, -0.05) is 25.7 Å². The fraction of sp³-hybridized carbons (Fsp3) is 1.00. The van der Waals surface area contributed by atoms with Gasteiger partial charge in [-0.2, -0.15) is 0 Å². The number of hydrogen-bond donors (Lipinski definition) is 2. The topological polar surface area (TPSA) is 27.3 Å². The largest absolute Gasteiger partial charge is 0.317 e.